The quantitative estimate of drug-likeness (QED) is 0.789. The lowest BCUT2D eigenvalue weighted by molar-refractivity contribution is -0.151. The summed E-state index contributed by atoms with van der Waals surface area (Å²) in [5.41, 5.74) is -0.553. The third-order valence-electron chi connectivity index (χ3n) is 2.08. The molecule has 0 aliphatic heterocycles. The third kappa shape index (κ3) is 6.44. The van der Waals surface area contributed by atoms with Crippen molar-refractivity contribution in [2.45, 2.75) is 33.3 Å². The van der Waals surface area contributed by atoms with E-state index >= 15 is 0 Å². The molecule has 0 saturated heterocycles. The van der Waals surface area contributed by atoms with E-state index in [4.69, 9.17) is 9.47 Å². The molecule has 0 spiro atoms. The van der Waals surface area contributed by atoms with Crippen LogP contribution in [0.3, 0.4) is 0 Å². The first-order chi connectivity index (χ1) is 10.0. The zero-order chi connectivity index (χ0) is 17.0. The van der Waals surface area contributed by atoms with Crippen LogP contribution in [0.1, 0.15) is 37.4 Å². The summed E-state index contributed by atoms with van der Waals surface area (Å²) in [5.74, 6) is -2.17. The molecule has 0 saturated carbocycles. The summed E-state index contributed by atoms with van der Waals surface area (Å²) in [5, 5.41) is 1.46. The highest BCUT2D eigenvalue weighted by Crippen LogP contribution is 2.21. The number of ether oxygens (including phenoxy) is 2. The van der Waals surface area contributed by atoms with E-state index in [0.29, 0.717) is 0 Å². The van der Waals surface area contributed by atoms with Gasteiger partial charge in [0.05, 0.1) is 12.3 Å². The van der Waals surface area contributed by atoms with Gasteiger partial charge in [0.25, 0.3) is 0 Å². The van der Waals surface area contributed by atoms with Crippen molar-refractivity contribution >= 4 is 39.0 Å². The highest BCUT2D eigenvalue weighted by atomic mass is 32.2. The normalized spacial score (nSPS) is 11.8. The van der Waals surface area contributed by atoms with Crippen LogP contribution < -0.4 is 4.72 Å². The number of esters is 2. The predicted octanol–water partition coefficient (Wildman–Crippen LogP) is 2.01. The molecule has 0 aliphatic carbocycles. The first-order valence-corrected chi connectivity index (χ1v) is 9.03. The van der Waals surface area contributed by atoms with E-state index in [1.165, 1.54) is 11.4 Å². The van der Waals surface area contributed by atoms with Gasteiger partial charge in [-0.1, -0.05) is 0 Å². The van der Waals surface area contributed by atoms with Crippen molar-refractivity contribution in [2.75, 3.05) is 17.1 Å². The van der Waals surface area contributed by atoms with Gasteiger partial charge in [0, 0.05) is 5.38 Å². The first kappa shape index (κ1) is 18.4. The number of hydrogen-bond acceptors (Lipinski definition) is 7. The molecule has 1 aromatic heterocycles. The Labute approximate surface area is 133 Å². The van der Waals surface area contributed by atoms with Crippen LogP contribution in [0, 0.1) is 0 Å². The summed E-state index contributed by atoms with van der Waals surface area (Å²) in [6, 6.07) is 1.36. The van der Waals surface area contributed by atoms with Gasteiger partial charge in [-0.3, -0.25) is 9.52 Å². The summed E-state index contributed by atoms with van der Waals surface area (Å²) in [6.07, 6.45) is 0. The molecule has 1 heterocycles. The van der Waals surface area contributed by atoms with Crippen molar-refractivity contribution in [3.63, 3.8) is 0 Å². The van der Waals surface area contributed by atoms with Crippen molar-refractivity contribution in [3.05, 3.63) is 16.3 Å². The molecule has 0 amide bonds. The Bertz CT molecular complexity index is 642. The molecule has 1 N–H and O–H groups in total. The van der Waals surface area contributed by atoms with Crippen LogP contribution >= 0.6 is 11.3 Å². The van der Waals surface area contributed by atoms with Crippen LogP contribution in [-0.4, -0.2) is 38.3 Å². The second-order valence-electron chi connectivity index (χ2n) is 5.37. The Morgan fingerprint density at radius 1 is 1.32 bits per heavy atom. The van der Waals surface area contributed by atoms with Gasteiger partial charge in [0.15, 0.2) is 5.75 Å². The Kier molecular flexibility index (Phi) is 5.95. The summed E-state index contributed by atoms with van der Waals surface area (Å²) < 4.78 is 35.7. The summed E-state index contributed by atoms with van der Waals surface area (Å²) in [7, 11) is -3.90. The number of anilines is 1. The van der Waals surface area contributed by atoms with Gasteiger partial charge in [-0.25, -0.2) is 13.2 Å². The van der Waals surface area contributed by atoms with Gasteiger partial charge in [0.1, 0.15) is 10.5 Å². The number of thiophene rings is 1. The lowest BCUT2D eigenvalue weighted by Gasteiger charge is -2.19. The summed E-state index contributed by atoms with van der Waals surface area (Å²) in [6.45, 7) is 6.85. The van der Waals surface area contributed by atoms with Crippen molar-refractivity contribution in [1.82, 2.24) is 0 Å². The van der Waals surface area contributed by atoms with E-state index in [-0.39, 0.29) is 17.2 Å². The molecule has 0 radical (unpaired) electrons. The number of sulfonamides is 1. The smallest absolute Gasteiger partial charge is 0.348 e. The van der Waals surface area contributed by atoms with Crippen LogP contribution in [0.4, 0.5) is 5.69 Å². The topological polar surface area (TPSA) is 98.8 Å². The van der Waals surface area contributed by atoms with Crippen molar-refractivity contribution in [2.24, 2.45) is 0 Å². The Balaban J connectivity index is 2.69. The number of rotatable bonds is 6. The van der Waals surface area contributed by atoms with Crippen LogP contribution in [0.5, 0.6) is 0 Å². The van der Waals surface area contributed by atoms with E-state index < -0.39 is 33.3 Å². The van der Waals surface area contributed by atoms with Gasteiger partial charge in [-0.15, -0.1) is 11.3 Å². The Morgan fingerprint density at radius 3 is 2.50 bits per heavy atom. The van der Waals surface area contributed by atoms with Crippen molar-refractivity contribution in [1.29, 1.82) is 0 Å². The molecule has 1 aromatic rings. The number of carbonyl (C=O) groups is 2. The fraction of sp³-hybridized carbons (Fsp3) is 0.538. The van der Waals surface area contributed by atoms with E-state index in [1.54, 1.807) is 27.7 Å². The maximum Gasteiger partial charge on any atom is 0.348 e. The maximum atomic E-state index is 11.9. The molecule has 22 heavy (non-hydrogen) atoms. The molecule has 0 fully saturated rings. The highest BCUT2D eigenvalue weighted by Gasteiger charge is 2.23. The van der Waals surface area contributed by atoms with E-state index in [2.05, 4.69) is 4.72 Å². The molecule has 1 rings (SSSR count). The second-order valence-corrected chi connectivity index (χ2v) is 8.00. The number of nitrogens with one attached hydrogen (secondary N) is 1. The minimum Gasteiger partial charge on any atom is -0.462 e. The van der Waals surface area contributed by atoms with Crippen molar-refractivity contribution < 1.29 is 27.5 Å². The average molecular weight is 349 g/mol. The lowest BCUT2D eigenvalue weighted by Crippen LogP contribution is -2.30. The van der Waals surface area contributed by atoms with E-state index in [0.717, 1.165) is 11.3 Å². The molecule has 7 nitrogen and oxygen atoms in total. The Hall–Kier alpha value is -1.61. The summed E-state index contributed by atoms with van der Waals surface area (Å²) >= 11 is 1.05. The highest BCUT2D eigenvalue weighted by molar-refractivity contribution is 7.93. The van der Waals surface area contributed by atoms with Gasteiger partial charge < -0.3 is 9.47 Å². The molecule has 0 unspecified atom stereocenters. The van der Waals surface area contributed by atoms with Gasteiger partial charge in [-0.05, 0) is 33.8 Å². The molecular formula is C13H19NO6S2. The molecule has 9 heteroatoms. The van der Waals surface area contributed by atoms with Gasteiger partial charge in [-0.2, -0.15) is 0 Å². The standard InChI is InChI=1S/C13H19NO6S2/c1-5-19-12(16)10-6-9(7-21-10)14-22(17,18)8-11(15)20-13(2,3)4/h6-7,14H,5,8H2,1-4H3. The van der Waals surface area contributed by atoms with E-state index in [1.807, 2.05) is 0 Å². The molecule has 124 valence electrons. The maximum absolute atomic E-state index is 11.9. The van der Waals surface area contributed by atoms with Crippen molar-refractivity contribution in [3.8, 4) is 0 Å². The first-order valence-electron chi connectivity index (χ1n) is 6.50. The summed E-state index contributed by atoms with van der Waals surface area (Å²) in [4.78, 5) is 23.3. The minimum atomic E-state index is -3.90. The third-order valence-corrected chi connectivity index (χ3v) is 4.15. The number of carbonyl (C=O) groups excluding carboxylic acids is 2. The lowest BCUT2D eigenvalue weighted by atomic mass is 10.2. The zero-order valence-electron chi connectivity index (χ0n) is 12.8. The number of hydrogen-bond donors (Lipinski definition) is 1. The molecule has 0 aliphatic rings. The molecular weight excluding hydrogens is 330 g/mol. The zero-order valence-corrected chi connectivity index (χ0v) is 14.5. The SMILES string of the molecule is CCOC(=O)c1cc(NS(=O)(=O)CC(=O)OC(C)(C)C)cs1. The van der Waals surface area contributed by atoms with Crippen LogP contribution in [0.15, 0.2) is 11.4 Å². The minimum absolute atomic E-state index is 0.205. The van der Waals surface area contributed by atoms with Crippen LogP contribution in [0.2, 0.25) is 0 Å². The second kappa shape index (κ2) is 7.10. The monoisotopic (exact) mass is 349 g/mol. The van der Waals surface area contributed by atoms with E-state index in [9.17, 15) is 18.0 Å². The largest absolute Gasteiger partial charge is 0.462 e. The van der Waals surface area contributed by atoms with Crippen LogP contribution in [-0.2, 0) is 24.3 Å². The van der Waals surface area contributed by atoms with Crippen LogP contribution in [0.25, 0.3) is 0 Å². The average Bonchev–Trinajstić information content (AvgIpc) is 2.73. The molecule has 0 aromatic carbocycles. The fourth-order valence-corrected chi connectivity index (χ4v) is 3.16. The molecule has 0 bridgehead atoms. The molecule has 0 atom stereocenters. The van der Waals surface area contributed by atoms with Gasteiger partial charge >= 0.3 is 11.9 Å². The predicted molar refractivity (Wildman–Crippen MR) is 83.5 cm³/mol. The fourth-order valence-electron chi connectivity index (χ4n) is 1.44. The van der Waals surface area contributed by atoms with Gasteiger partial charge in [0.2, 0.25) is 10.0 Å². The Morgan fingerprint density at radius 2 is 1.95 bits per heavy atom.